The van der Waals surface area contributed by atoms with Gasteiger partial charge in [0, 0.05) is 11.6 Å². The van der Waals surface area contributed by atoms with Gasteiger partial charge in [-0.15, -0.1) is 0 Å². The fraction of sp³-hybridized carbons (Fsp3) is 0.250. The van der Waals surface area contributed by atoms with E-state index in [2.05, 4.69) is 4.98 Å². The number of pyridine rings is 1. The van der Waals surface area contributed by atoms with E-state index in [4.69, 9.17) is 4.74 Å². The van der Waals surface area contributed by atoms with E-state index in [-0.39, 0.29) is 6.61 Å². The summed E-state index contributed by atoms with van der Waals surface area (Å²) in [6, 6.07) is 7.69. The summed E-state index contributed by atoms with van der Waals surface area (Å²) in [5.41, 5.74) is 2.01. The third-order valence-electron chi connectivity index (χ3n) is 2.19. The number of rotatable bonds is 3. The predicted molar refractivity (Wildman–Crippen MR) is 58.0 cm³/mol. The molecule has 0 atom stereocenters. The summed E-state index contributed by atoms with van der Waals surface area (Å²) < 4.78 is 17.3. The van der Waals surface area contributed by atoms with Crippen molar-refractivity contribution in [3.8, 4) is 5.75 Å². The molecule has 0 amide bonds. The maximum absolute atomic E-state index is 12.0. The van der Waals surface area contributed by atoms with Crippen molar-refractivity contribution in [2.24, 2.45) is 0 Å². The molecule has 2 aromatic rings. The number of benzene rings is 1. The molecule has 0 aliphatic carbocycles. The molecule has 2 rings (SSSR count). The maximum atomic E-state index is 12.0. The van der Waals surface area contributed by atoms with Crippen LogP contribution in [0.3, 0.4) is 0 Å². The Kier molecular flexibility index (Phi) is 2.81. The van der Waals surface area contributed by atoms with Gasteiger partial charge in [-0.3, -0.25) is 4.98 Å². The SMILES string of the molecule is Cc1ccc2nccc(OCCF)c2c1. The van der Waals surface area contributed by atoms with Crippen molar-refractivity contribution in [3.63, 3.8) is 0 Å². The van der Waals surface area contributed by atoms with Crippen LogP contribution in [0.15, 0.2) is 30.5 Å². The minimum absolute atomic E-state index is 0.0903. The highest BCUT2D eigenvalue weighted by Crippen LogP contribution is 2.24. The van der Waals surface area contributed by atoms with Gasteiger partial charge in [0.2, 0.25) is 0 Å². The summed E-state index contributed by atoms with van der Waals surface area (Å²) in [6.45, 7) is 1.62. The highest BCUT2D eigenvalue weighted by atomic mass is 19.1. The standard InChI is InChI=1S/C12H12FNO/c1-9-2-3-11-10(8-9)12(4-6-14-11)15-7-5-13/h2-4,6,8H,5,7H2,1H3. The third kappa shape index (κ3) is 2.06. The molecular weight excluding hydrogens is 193 g/mol. The smallest absolute Gasteiger partial charge is 0.130 e. The molecule has 0 spiro atoms. The second-order valence-corrected chi connectivity index (χ2v) is 3.37. The van der Waals surface area contributed by atoms with Crippen LogP contribution in [-0.4, -0.2) is 18.3 Å². The normalized spacial score (nSPS) is 10.5. The minimum Gasteiger partial charge on any atom is -0.490 e. The Morgan fingerprint density at radius 2 is 2.20 bits per heavy atom. The zero-order valence-electron chi connectivity index (χ0n) is 8.53. The first-order valence-corrected chi connectivity index (χ1v) is 4.85. The number of ether oxygens (including phenoxy) is 1. The Hall–Kier alpha value is -1.64. The van der Waals surface area contributed by atoms with Gasteiger partial charge < -0.3 is 4.74 Å². The van der Waals surface area contributed by atoms with Crippen LogP contribution in [-0.2, 0) is 0 Å². The molecule has 0 aliphatic heterocycles. The summed E-state index contributed by atoms with van der Waals surface area (Å²) in [5, 5.41) is 0.936. The predicted octanol–water partition coefficient (Wildman–Crippen LogP) is 2.89. The highest BCUT2D eigenvalue weighted by Gasteiger charge is 2.02. The van der Waals surface area contributed by atoms with Gasteiger partial charge in [-0.1, -0.05) is 11.6 Å². The fourth-order valence-electron chi connectivity index (χ4n) is 1.51. The molecule has 1 aromatic carbocycles. The number of fused-ring (bicyclic) bond motifs is 1. The number of hydrogen-bond donors (Lipinski definition) is 0. The Labute approximate surface area is 87.7 Å². The van der Waals surface area contributed by atoms with Crippen molar-refractivity contribution in [2.75, 3.05) is 13.3 Å². The van der Waals surface area contributed by atoms with Crippen molar-refractivity contribution in [3.05, 3.63) is 36.0 Å². The van der Waals surface area contributed by atoms with Crippen LogP contribution in [0, 0.1) is 6.92 Å². The summed E-state index contributed by atoms with van der Waals surface area (Å²) in [7, 11) is 0. The Morgan fingerprint density at radius 1 is 1.33 bits per heavy atom. The van der Waals surface area contributed by atoms with E-state index in [1.54, 1.807) is 12.3 Å². The van der Waals surface area contributed by atoms with Gasteiger partial charge in [-0.25, -0.2) is 4.39 Å². The number of aryl methyl sites for hydroxylation is 1. The lowest BCUT2D eigenvalue weighted by molar-refractivity contribution is 0.276. The monoisotopic (exact) mass is 205 g/mol. The van der Waals surface area contributed by atoms with Crippen LogP contribution in [0.25, 0.3) is 10.9 Å². The van der Waals surface area contributed by atoms with Gasteiger partial charge in [-0.05, 0) is 25.1 Å². The second kappa shape index (κ2) is 4.26. The summed E-state index contributed by atoms with van der Waals surface area (Å²) in [6.07, 6.45) is 1.67. The first-order valence-electron chi connectivity index (χ1n) is 4.85. The van der Waals surface area contributed by atoms with Crippen molar-refractivity contribution in [1.29, 1.82) is 0 Å². The molecule has 0 aliphatic rings. The van der Waals surface area contributed by atoms with Crippen molar-refractivity contribution < 1.29 is 9.13 Å². The lowest BCUT2D eigenvalue weighted by Gasteiger charge is -2.07. The van der Waals surface area contributed by atoms with Crippen LogP contribution in [0.2, 0.25) is 0 Å². The van der Waals surface area contributed by atoms with Crippen LogP contribution < -0.4 is 4.74 Å². The van der Waals surface area contributed by atoms with Crippen LogP contribution in [0.4, 0.5) is 4.39 Å². The zero-order valence-corrected chi connectivity index (χ0v) is 8.53. The molecular formula is C12H12FNO. The van der Waals surface area contributed by atoms with Crippen molar-refractivity contribution in [1.82, 2.24) is 4.98 Å². The van der Waals surface area contributed by atoms with Crippen LogP contribution >= 0.6 is 0 Å². The quantitative estimate of drug-likeness (QED) is 0.768. The van der Waals surface area contributed by atoms with Gasteiger partial charge in [0.25, 0.3) is 0 Å². The van der Waals surface area contributed by atoms with Gasteiger partial charge in [0.15, 0.2) is 0 Å². The van der Waals surface area contributed by atoms with Gasteiger partial charge >= 0.3 is 0 Å². The average molecular weight is 205 g/mol. The molecule has 0 fully saturated rings. The molecule has 78 valence electrons. The van der Waals surface area contributed by atoms with E-state index in [1.807, 2.05) is 25.1 Å². The molecule has 0 saturated carbocycles. The molecule has 0 N–H and O–H groups in total. The molecule has 1 aromatic heterocycles. The third-order valence-corrected chi connectivity index (χ3v) is 2.19. The molecule has 15 heavy (non-hydrogen) atoms. The molecule has 0 saturated heterocycles. The van der Waals surface area contributed by atoms with E-state index in [0.717, 1.165) is 16.5 Å². The zero-order chi connectivity index (χ0) is 10.7. The summed E-state index contributed by atoms with van der Waals surface area (Å²) >= 11 is 0. The molecule has 0 radical (unpaired) electrons. The second-order valence-electron chi connectivity index (χ2n) is 3.37. The van der Waals surface area contributed by atoms with Crippen molar-refractivity contribution >= 4 is 10.9 Å². The minimum atomic E-state index is -0.477. The number of halogens is 1. The highest BCUT2D eigenvalue weighted by molar-refractivity contribution is 5.85. The lowest BCUT2D eigenvalue weighted by atomic mass is 10.1. The number of aromatic nitrogens is 1. The van der Waals surface area contributed by atoms with Gasteiger partial charge in [-0.2, -0.15) is 0 Å². The number of hydrogen-bond acceptors (Lipinski definition) is 2. The first-order chi connectivity index (χ1) is 7.31. The Morgan fingerprint density at radius 3 is 3.00 bits per heavy atom. The topological polar surface area (TPSA) is 22.1 Å². The summed E-state index contributed by atoms with van der Waals surface area (Å²) in [5.74, 6) is 0.696. The molecule has 1 heterocycles. The van der Waals surface area contributed by atoms with Crippen LogP contribution in [0.1, 0.15) is 5.56 Å². The van der Waals surface area contributed by atoms with E-state index >= 15 is 0 Å². The molecule has 0 unspecified atom stereocenters. The van der Waals surface area contributed by atoms with Crippen molar-refractivity contribution in [2.45, 2.75) is 6.92 Å². The Balaban J connectivity index is 2.48. The maximum Gasteiger partial charge on any atom is 0.130 e. The summed E-state index contributed by atoms with van der Waals surface area (Å²) in [4.78, 5) is 4.22. The fourth-order valence-corrected chi connectivity index (χ4v) is 1.51. The molecule has 3 heteroatoms. The lowest BCUT2D eigenvalue weighted by Crippen LogP contribution is -1.99. The van der Waals surface area contributed by atoms with Crippen LogP contribution in [0.5, 0.6) is 5.75 Å². The van der Waals surface area contributed by atoms with Gasteiger partial charge in [0.1, 0.15) is 19.0 Å². The van der Waals surface area contributed by atoms with Gasteiger partial charge in [0.05, 0.1) is 5.52 Å². The van der Waals surface area contributed by atoms with E-state index in [0.29, 0.717) is 5.75 Å². The largest absolute Gasteiger partial charge is 0.490 e. The first kappa shape index (κ1) is 9.90. The average Bonchev–Trinajstić information content (AvgIpc) is 2.26. The van der Waals surface area contributed by atoms with E-state index in [9.17, 15) is 4.39 Å². The molecule has 0 bridgehead atoms. The number of nitrogens with zero attached hydrogens (tertiary/aromatic N) is 1. The number of alkyl halides is 1. The van der Waals surface area contributed by atoms with E-state index < -0.39 is 6.67 Å². The Bertz CT molecular complexity index is 470. The van der Waals surface area contributed by atoms with E-state index in [1.165, 1.54) is 0 Å². The molecule has 2 nitrogen and oxygen atoms in total.